The molecule has 1 aliphatic rings. The third kappa shape index (κ3) is 2.70. The summed E-state index contributed by atoms with van der Waals surface area (Å²) in [6.45, 7) is 3.91. The van der Waals surface area contributed by atoms with Gasteiger partial charge >= 0.3 is 0 Å². The summed E-state index contributed by atoms with van der Waals surface area (Å²) < 4.78 is 5.86. The van der Waals surface area contributed by atoms with Crippen LogP contribution < -0.4 is 5.32 Å². The third-order valence-electron chi connectivity index (χ3n) is 3.67. The molecule has 1 heterocycles. The van der Waals surface area contributed by atoms with E-state index in [-0.39, 0.29) is 6.10 Å². The molecule has 0 spiro atoms. The highest BCUT2D eigenvalue weighted by molar-refractivity contribution is 5.63. The minimum atomic E-state index is 0.165. The Kier molecular flexibility index (Phi) is 3.62. The van der Waals surface area contributed by atoms with Crippen LogP contribution in [0.15, 0.2) is 54.6 Å². The number of hydrogen-bond donors (Lipinski definition) is 1. The Morgan fingerprint density at radius 3 is 2.32 bits per heavy atom. The fourth-order valence-electron chi connectivity index (χ4n) is 2.60. The van der Waals surface area contributed by atoms with Crippen LogP contribution in [-0.2, 0) is 4.74 Å². The normalized spacial score (nSPS) is 23.2. The summed E-state index contributed by atoms with van der Waals surface area (Å²) in [4.78, 5) is 0. The molecule has 98 valence electrons. The fourth-order valence-corrected chi connectivity index (χ4v) is 2.60. The first kappa shape index (κ1) is 12.4. The third-order valence-corrected chi connectivity index (χ3v) is 3.67. The first-order valence-electron chi connectivity index (χ1n) is 6.85. The maximum atomic E-state index is 5.86. The lowest BCUT2D eigenvalue weighted by molar-refractivity contribution is -0.000214. The summed E-state index contributed by atoms with van der Waals surface area (Å²) in [5.74, 6) is 0. The van der Waals surface area contributed by atoms with E-state index in [0.717, 1.165) is 13.2 Å². The van der Waals surface area contributed by atoms with Gasteiger partial charge in [0.25, 0.3) is 0 Å². The van der Waals surface area contributed by atoms with Crippen LogP contribution in [0.4, 0.5) is 0 Å². The van der Waals surface area contributed by atoms with E-state index in [4.69, 9.17) is 4.74 Å². The van der Waals surface area contributed by atoms with Gasteiger partial charge in [-0.2, -0.15) is 0 Å². The molecule has 2 nitrogen and oxygen atoms in total. The first-order valence-corrected chi connectivity index (χ1v) is 6.85. The van der Waals surface area contributed by atoms with E-state index in [1.165, 1.54) is 16.7 Å². The van der Waals surface area contributed by atoms with Crippen LogP contribution in [0.2, 0.25) is 0 Å². The molecule has 2 aromatic rings. The van der Waals surface area contributed by atoms with Crippen molar-refractivity contribution < 1.29 is 4.74 Å². The van der Waals surface area contributed by atoms with Crippen LogP contribution in [-0.4, -0.2) is 19.2 Å². The van der Waals surface area contributed by atoms with Crippen molar-refractivity contribution in [1.82, 2.24) is 5.32 Å². The Hall–Kier alpha value is -1.64. The number of nitrogens with one attached hydrogen (secondary N) is 1. The smallest absolute Gasteiger partial charge is 0.0975 e. The lowest BCUT2D eigenvalue weighted by Gasteiger charge is -2.30. The molecule has 0 aliphatic carbocycles. The molecule has 0 radical (unpaired) electrons. The Morgan fingerprint density at radius 2 is 1.63 bits per heavy atom. The highest BCUT2D eigenvalue weighted by atomic mass is 16.5. The highest BCUT2D eigenvalue weighted by Gasteiger charge is 2.22. The fraction of sp³-hybridized carbons (Fsp3) is 0.294. The predicted molar refractivity (Wildman–Crippen MR) is 78.0 cm³/mol. The van der Waals surface area contributed by atoms with Crippen LogP contribution in [0.3, 0.4) is 0 Å². The van der Waals surface area contributed by atoms with Gasteiger partial charge in [-0.15, -0.1) is 0 Å². The summed E-state index contributed by atoms with van der Waals surface area (Å²) in [6.07, 6.45) is 0.165. The van der Waals surface area contributed by atoms with Gasteiger partial charge in [0.2, 0.25) is 0 Å². The zero-order valence-electron chi connectivity index (χ0n) is 11.2. The molecule has 2 unspecified atom stereocenters. The molecule has 2 aromatic carbocycles. The first-order chi connectivity index (χ1) is 9.34. The molecule has 1 saturated heterocycles. The molecule has 0 bridgehead atoms. The number of ether oxygens (including phenoxy) is 1. The average molecular weight is 253 g/mol. The zero-order valence-corrected chi connectivity index (χ0v) is 11.2. The molecule has 1 fully saturated rings. The minimum absolute atomic E-state index is 0.165. The Balaban J connectivity index is 1.83. The molecule has 2 atom stereocenters. The van der Waals surface area contributed by atoms with Gasteiger partial charge in [-0.3, -0.25) is 0 Å². The van der Waals surface area contributed by atoms with Gasteiger partial charge in [0, 0.05) is 12.6 Å². The Bertz CT molecular complexity index is 521. The average Bonchev–Trinajstić information content (AvgIpc) is 2.49. The van der Waals surface area contributed by atoms with Crippen molar-refractivity contribution >= 4 is 0 Å². The summed E-state index contributed by atoms with van der Waals surface area (Å²) >= 11 is 0. The van der Waals surface area contributed by atoms with E-state index in [9.17, 15) is 0 Å². The lowest BCUT2D eigenvalue weighted by atomic mass is 9.98. The van der Waals surface area contributed by atoms with Crippen LogP contribution in [0.25, 0.3) is 11.1 Å². The number of morpholine rings is 1. The maximum Gasteiger partial charge on any atom is 0.0975 e. The molecule has 19 heavy (non-hydrogen) atoms. The van der Waals surface area contributed by atoms with Gasteiger partial charge in [0.05, 0.1) is 12.7 Å². The van der Waals surface area contributed by atoms with E-state index in [1.54, 1.807) is 0 Å². The molecular formula is C17H19NO. The molecule has 0 aromatic heterocycles. The monoisotopic (exact) mass is 253 g/mol. The summed E-state index contributed by atoms with van der Waals surface area (Å²) in [5, 5.41) is 3.45. The van der Waals surface area contributed by atoms with Gasteiger partial charge in [-0.1, -0.05) is 54.6 Å². The molecule has 3 rings (SSSR count). The largest absolute Gasteiger partial charge is 0.371 e. The van der Waals surface area contributed by atoms with Gasteiger partial charge in [-0.05, 0) is 23.6 Å². The van der Waals surface area contributed by atoms with Crippen molar-refractivity contribution in [1.29, 1.82) is 0 Å². The second kappa shape index (κ2) is 5.55. The van der Waals surface area contributed by atoms with E-state index in [2.05, 4.69) is 60.8 Å². The van der Waals surface area contributed by atoms with Gasteiger partial charge in [0.1, 0.15) is 0 Å². The van der Waals surface area contributed by atoms with E-state index < -0.39 is 0 Å². The van der Waals surface area contributed by atoms with Crippen LogP contribution >= 0.6 is 0 Å². The molecular weight excluding hydrogens is 234 g/mol. The van der Waals surface area contributed by atoms with E-state index in [1.807, 2.05) is 6.07 Å². The maximum absolute atomic E-state index is 5.86. The van der Waals surface area contributed by atoms with Crippen molar-refractivity contribution in [2.24, 2.45) is 0 Å². The second-order valence-corrected chi connectivity index (χ2v) is 5.02. The van der Waals surface area contributed by atoms with Crippen molar-refractivity contribution in [3.05, 3.63) is 60.2 Å². The number of benzene rings is 2. The summed E-state index contributed by atoms with van der Waals surface area (Å²) in [5.41, 5.74) is 3.75. The summed E-state index contributed by atoms with van der Waals surface area (Å²) in [6, 6.07) is 19.5. The van der Waals surface area contributed by atoms with Crippen LogP contribution in [0, 0.1) is 0 Å². The van der Waals surface area contributed by atoms with Gasteiger partial charge in [-0.25, -0.2) is 0 Å². The SMILES string of the molecule is CC1NCCOC1c1ccc(-c2ccccc2)cc1. The second-order valence-electron chi connectivity index (χ2n) is 5.02. The van der Waals surface area contributed by atoms with Gasteiger partial charge in [0.15, 0.2) is 0 Å². The van der Waals surface area contributed by atoms with Crippen LogP contribution in [0.5, 0.6) is 0 Å². The molecule has 1 N–H and O–H groups in total. The van der Waals surface area contributed by atoms with Gasteiger partial charge < -0.3 is 10.1 Å². The van der Waals surface area contributed by atoms with Crippen molar-refractivity contribution in [3.8, 4) is 11.1 Å². The van der Waals surface area contributed by atoms with Crippen molar-refractivity contribution in [3.63, 3.8) is 0 Å². The van der Waals surface area contributed by atoms with Crippen molar-refractivity contribution in [2.75, 3.05) is 13.2 Å². The van der Waals surface area contributed by atoms with E-state index in [0.29, 0.717) is 6.04 Å². The molecule has 0 amide bonds. The summed E-state index contributed by atoms with van der Waals surface area (Å²) in [7, 11) is 0. The number of hydrogen-bond acceptors (Lipinski definition) is 2. The molecule has 0 saturated carbocycles. The standard InChI is InChI=1S/C17H19NO/c1-13-17(19-12-11-18-13)16-9-7-15(8-10-16)14-5-3-2-4-6-14/h2-10,13,17-18H,11-12H2,1H3. The predicted octanol–water partition coefficient (Wildman–Crippen LogP) is 3.40. The van der Waals surface area contributed by atoms with Crippen LogP contribution in [0.1, 0.15) is 18.6 Å². The quantitative estimate of drug-likeness (QED) is 0.885. The highest BCUT2D eigenvalue weighted by Crippen LogP contribution is 2.26. The number of rotatable bonds is 2. The zero-order chi connectivity index (χ0) is 13.1. The Morgan fingerprint density at radius 1 is 0.947 bits per heavy atom. The Labute approximate surface area is 114 Å². The minimum Gasteiger partial charge on any atom is -0.371 e. The molecule has 1 aliphatic heterocycles. The van der Waals surface area contributed by atoms with Crippen molar-refractivity contribution in [2.45, 2.75) is 19.1 Å². The lowest BCUT2D eigenvalue weighted by Crippen LogP contribution is -2.41. The molecule has 2 heteroatoms. The van der Waals surface area contributed by atoms with E-state index >= 15 is 0 Å². The topological polar surface area (TPSA) is 21.3 Å².